The molecule has 1 aromatic carbocycles. The van der Waals surface area contributed by atoms with Gasteiger partial charge < -0.3 is 20.1 Å². The van der Waals surface area contributed by atoms with Gasteiger partial charge >= 0.3 is 0 Å². The molecule has 1 heterocycles. The number of nitrogens with zero attached hydrogens (tertiary/aromatic N) is 1. The first-order chi connectivity index (χ1) is 11.8. The Labute approximate surface area is 148 Å². The molecule has 1 amide bonds. The van der Waals surface area contributed by atoms with Gasteiger partial charge in [0.2, 0.25) is 5.91 Å². The van der Waals surface area contributed by atoms with E-state index < -0.39 is 5.41 Å². The van der Waals surface area contributed by atoms with Crippen molar-refractivity contribution in [3.05, 3.63) is 42.1 Å². The van der Waals surface area contributed by atoms with Gasteiger partial charge in [-0.2, -0.15) is 0 Å². The molecule has 6 heteroatoms. The molecule has 2 aromatic rings. The Morgan fingerprint density at radius 2 is 1.80 bits per heavy atom. The van der Waals surface area contributed by atoms with Crippen molar-refractivity contribution < 1.29 is 14.3 Å². The number of benzene rings is 1. The van der Waals surface area contributed by atoms with Crippen molar-refractivity contribution in [3.63, 3.8) is 0 Å². The molecule has 0 atom stereocenters. The number of amides is 1. The zero-order valence-corrected chi connectivity index (χ0v) is 15.3. The lowest BCUT2D eigenvalue weighted by atomic mass is 9.96. The summed E-state index contributed by atoms with van der Waals surface area (Å²) >= 11 is 0. The van der Waals surface area contributed by atoms with Gasteiger partial charge in [0.05, 0.1) is 26.1 Å². The number of ether oxygens (including phenoxy) is 2. The summed E-state index contributed by atoms with van der Waals surface area (Å²) in [5.41, 5.74) is 1.28. The monoisotopic (exact) mass is 343 g/mol. The SMILES string of the molecule is COc1ccc(CNc2ccc(NC(=O)C(C)(C)C)cn2)cc1OC. The lowest BCUT2D eigenvalue weighted by Gasteiger charge is -2.17. The summed E-state index contributed by atoms with van der Waals surface area (Å²) in [6.45, 7) is 6.21. The first kappa shape index (κ1) is 18.6. The van der Waals surface area contributed by atoms with Crippen molar-refractivity contribution in [2.24, 2.45) is 5.41 Å². The molecule has 0 saturated carbocycles. The molecule has 0 aliphatic heterocycles. The highest BCUT2D eigenvalue weighted by Gasteiger charge is 2.21. The molecule has 0 radical (unpaired) electrons. The van der Waals surface area contributed by atoms with Crippen molar-refractivity contribution in [1.82, 2.24) is 4.98 Å². The van der Waals surface area contributed by atoms with Crippen LogP contribution in [0.15, 0.2) is 36.5 Å². The van der Waals surface area contributed by atoms with Gasteiger partial charge in [0, 0.05) is 12.0 Å². The molecule has 25 heavy (non-hydrogen) atoms. The van der Waals surface area contributed by atoms with E-state index in [4.69, 9.17) is 9.47 Å². The number of hydrogen-bond acceptors (Lipinski definition) is 5. The summed E-state index contributed by atoms with van der Waals surface area (Å²) in [6.07, 6.45) is 1.64. The van der Waals surface area contributed by atoms with Crippen LogP contribution >= 0.6 is 0 Å². The number of methoxy groups -OCH3 is 2. The lowest BCUT2D eigenvalue weighted by Crippen LogP contribution is -2.27. The zero-order chi connectivity index (χ0) is 18.4. The standard InChI is InChI=1S/C19H25N3O3/c1-19(2,3)18(23)22-14-7-9-17(21-12-14)20-11-13-6-8-15(24-4)16(10-13)25-5/h6-10,12H,11H2,1-5H3,(H,20,21)(H,22,23). The fourth-order valence-electron chi connectivity index (χ4n) is 2.07. The van der Waals surface area contributed by atoms with E-state index in [1.54, 1.807) is 20.4 Å². The Morgan fingerprint density at radius 3 is 2.36 bits per heavy atom. The molecule has 0 bridgehead atoms. The first-order valence-corrected chi connectivity index (χ1v) is 8.06. The minimum absolute atomic E-state index is 0.0414. The van der Waals surface area contributed by atoms with Crippen LogP contribution < -0.4 is 20.1 Å². The third-order valence-corrected chi connectivity index (χ3v) is 3.62. The number of hydrogen-bond donors (Lipinski definition) is 2. The summed E-state index contributed by atoms with van der Waals surface area (Å²) in [5.74, 6) is 2.07. The number of pyridine rings is 1. The number of anilines is 2. The number of rotatable bonds is 6. The van der Waals surface area contributed by atoms with Crippen LogP contribution in [0.1, 0.15) is 26.3 Å². The topological polar surface area (TPSA) is 72.5 Å². The van der Waals surface area contributed by atoms with Crippen LogP contribution in [0.5, 0.6) is 11.5 Å². The van der Waals surface area contributed by atoms with E-state index in [0.29, 0.717) is 23.7 Å². The molecule has 0 unspecified atom stereocenters. The molecular weight excluding hydrogens is 318 g/mol. The van der Waals surface area contributed by atoms with Gasteiger partial charge in [-0.15, -0.1) is 0 Å². The molecule has 2 N–H and O–H groups in total. The molecular formula is C19H25N3O3. The Morgan fingerprint density at radius 1 is 1.08 bits per heavy atom. The van der Waals surface area contributed by atoms with Crippen LogP contribution in [0.2, 0.25) is 0 Å². The number of nitrogens with one attached hydrogen (secondary N) is 2. The normalized spacial score (nSPS) is 10.9. The third kappa shape index (κ3) is 5.11. The smallest absolute Gasteiger partial charge is 0.229 e. The molecule has 6 nitrogen and oxygen atoms in total. The van der Waals surface area contributed by atoms with Gasteiger partial charge in [-0.05, 0) is 29.8 Å². The quantitative estimate of drug-likeness (QED) is 0.837. The van der Waals surface area contributed by atoms with Gasteiger partial charge in [0.1, 0.15) is 5.82 Å². The van der Waals surface area contributed by atoms with Gasteiger partial charge in [-0.1, -0.05) is 26.8 Å². The van der Waals surface area contributed by atoms with Crippen molar-refractivity contribution in [2.45, 2.75) is 27.3 Å². The largest absolute Gasteiger partial charge is 0.493 e. The molecule has 0 aliphatic carbocycles. The van der Waals surface area contributed by atoms with E-state index >= 15 is 0 Å². The highest BCUT2D eigenvalue weighted by molar-refractivity contribution is 5.94. The van der Waals surface area contributed by atoms with E-state index in [2.05, 4.69) is 15.6 Å². The van der Waals surface area contributed by atoms with E-state index in [1.165, 1.54) is 0 Å². The van der Waals surface area contributed by atoms with Gasteiger partial charge in [-0.3, -0.25) is 4.79 Å². The highest BCUT2D eigenvalue weighted by atomic mass is 16.5. The first-order valence-electron chi connectivity index (χ1n) is 8.06. The second kappa shape index (κ2) is 7.88. The minimum atomic E-state index is -0.440. The molecule has 0 saturated heterocycles. The average Bonchev–Trinajstić information content (AvgIpc) is 2.60. The van der Waals surface area contributed by atoms with Crippen molar-refractivity contribution in [2.75, 3.05) is 24.9 Å². The second-order valence-electron chi connectivity index (χ2n) is 6.68. The van der Waals surface area contributed by atoms with Crippen LogP contribution in [-0.4, -0.2) is 25.1 Å². The van der Waals surface area contributed by atoms with Crippen LogP contribution in [0.3, 0.4) is 0 Å². The maximum atomic E-state index is 12.0. The highest BCUT2D eigenvalue weighted by Crippen LogP contribution is 2.27. The van der Waals surface area contributed by atoms with E-state index in [9.17, 15) is 4.79 Å². The summed E-state index contributed by atoms with van der Waals surface area (Å²) in [7, 11) is 3.22. The Kier molecular flexibility index (Phi) is 5.85. The zero-order valence-electron chi connectivity index (χ0n) is 15.3. The summed E-state index contributed by atoms with van der Waals surface area (Å²) in [5, 5.41) is 6.09. The molecule has 0 spiro atoms. The van der Waals surface area contributed by atoms with Crippen molar-refractivity contribution in [3.8, 4) is 11.5 Å². The minimum Gasteiger partial charge on any atom is -0.493 e. The van der Waals surface area contributed by atoms with Crippen LogP contribution in [0.25, 0.3) is 0 Å². The molecule has 2 rings (SSSR count). The predicted molar refractivity (Wildman–Crippen MR) is 99.2 cm³/mol. The fourth-order valence-corrected chi connectivity index (χ4v) is 2.07. The summed E-state index contributed by atoms with van der Waals surface area (Å²) in [6, 6.07) is 9.41. The fraction of sp³-hybridized carbons (Fsp3) is 0.368. The van der Waals surface area contributed by atoms with E-state index in [1.807, 2.05) is 51.1 Å². The second-order valence-corrected chi connectivity index (χ2v) is 6.68. The molecule has 0 aliphatic rings. The Bertz CT molecular complexity index is 722. The molecule has 0 fully saturated rings. The molecule has 1 aromatic heterocycles. The Balaban J connectivity index is 1.97. The number of aromatic nitrogens is 1. The summed E-state index contributed by atoms with van der Waals surface area (Å²) < 4.78 is 10.5. The van der Waals surface area contributed by atoms with Crippen LogP contribution in [-0.2, 0) is 11.3 Å². The van der Waals surface area contributed by atoms with Crippen LogP contribution in [0, 0.1) is 5.41 Å². The Hall–Kier alpha value is -2.76. The number of carbonyl (C=O) groups excluding carboxylic acids is 1. The van der Waals surface area contributed by atoms with Crippen molar-refractivity contribution >= 4 is 17.4 Å². The van der Waals surface area contributed by atoms with Crippen molar-refractivity contribution in [1.29, 1.82) is 0 Å². The predicted octanol–water partition coefficient (Wildman–Crippen LogP) is 3.70. The average molecular weight is 343 g/mol. The van der Waals surface area contributed by atoms with E-state index in [0.717, 1.165) is 11.4 Å². The van der Waals surface area contributed by atoms with Gasteiger partial charge in [0.25, 0.3) is 0 Å². The number of carbonyl (C=O) groups is 1. The third-order valence-electron chi connectivity index (χ3n) is 3.62. The van der Waals surface area contributed by atoms with Crippen LogP contribution in [0.4, 0.5) is 11.5 Å². The van der Waals surface area contributed by atoms with Gasteiger partial charge in [0.15, 0.2) is 11.5 Å². The maximum absolute atomic E-state index is 12.0. The molecule has 134 valence electrons. The maximum Gasteiger partial charge on any atom is 0.229 e. The summed E-state index contributed by atoms with van der Waals surface area (Å²) in [4.78, 5) is 16.3. The van der Waals surface area contributed by atoms with Gasteiger partial charge in [-0.25, -0.2) is 4.98 Å². The van der Waals surface area contributed by atoms with E-state index in [-0.39, 0.29) is 5.91 Å². The lowest BCUT2D eigenvalue weighted by molar-refractivity contribution is -0.123.